The number of ether oxygens (including phenoxy) is 2. The van der Waals surface area contributed by atoms with E-state index in [4.69, 9.17) is 15.2 Å². The number of nitrogens with zero attached hydrogens (tertiary/aromatic N) is 1. The minimum Gasteiger partial charge on any atom is -0.490 e. The van der Waals surface area contributed by atoms with Gasteiger partial charge in [-0.1, -0.05) is 13.8 Å². The summed E-state index contributed by atoms with van der Waals surface area (Å²) in [4.78, 5) is 13.9. The highest BCUT2D eigenvalue weighted by Gasteiger charge is 2.24. The second-order valence-corrected chi connectivity index (χ2v) is 9.46. The summed E-state index contributed by atoms with van der Waals surface area (Å²) in [6, 6.07) is 4.57. The Labute approximate surface area is 167 Å². The number of carbonyl (C=O) groups is 1. The van der Waals surface area contributed by atoms with Gasteiger partial charge in [0.15, 0.2) is 21.3 Å². The summed E-state index contributed by atoms with van der Waals surface area (Å²) in [5, 5.41) is 0. The zero-order chi connectivity index (χ0) is 19.4. The fourth-order valence-electron chi connectivity index (χ4n) is 2.66. The van der Waals surface area contributed by atoms with Gasteiger partial charge in [-0.2, -0.15) is 0 Å². The molecule has 0 spiro atoms. The molecule has 0 atom stereocenters. The van der Waals surface area contributed by atoms with Gasteiger partial charge in [0.2, 0.25) is 5.91 Å². The molecule has 0 fully saturated rings. The second kappa shape index (κ2) is 9.61. The van der Waals surface area contributed by atoms with Crippen molar-refractivity contribution in [1.82, 2.24) is 4.90 Å². The molecule has 0 radical (unpaired) electrons. The molecular weight excluding hydrogens is 392 g/mol. The van der Waals surface area contributed by atoms with E-state index in [2.05, 4.69) is 0 Å². The lowest BCUT2D eigenvalue weighted by molar-refractivity contribution is -0.130. The van der Waals surface area contributed by atoms with Crippen LogP contribution in [0, 0.1) is 5.41 Å². The molecule has 0 bridgehead atoms. The van der Waals surface area contributed by atoms with Gasteiger partial charge in [0, 0.05) is 32.5 Å². The summed E-state index contributed by atoms with van der Waals surface area (Å²) < 4.78 is 36.2. The summed E-state index contributed by atoms with van der Waals surface area (Å²) in [5.74, 6) is 0.501. The Kier molecular flexibility index (Phi) is 8.38. The van der Waals surface area contributed by atoms with Crippen molar-refractivity contribution in [2.45, 2.75) is 31.6 Å². The van der Waals surface area contributed by atoms with Crippen LogP contribution >= 0.6 is 12.4 Å². The van der Waals surface area contributed by atoms with Gasteiger partial charge in [-0.15, -0.1) is 12.4 Å². The van der Waals surface area contributed by atoms with Crippen LogP contribution in [-0.4, -0.2) is 58.3 Å². The molecule has 1 aliphatic heterocycles. The SMILES string of the molecule is CN(CC(C)(C)CN)C(=O)CCS(=O)(=O)c1ccc2c(c1)OCCCO2.Cl. The number of fused-ring (bicyclic) bond motifs is 1. The maximum Gasteiger partial charge on any atom is 0.223 e. The molecule has 1 aromatic carbocycles. The largest absolute Gasteiger partial charge is 0.490 e. The standard InChI is InChI=1S/C18H28N2O5S.ClH/c1-18(2,12-19)13-20(3)17(21)7-10-26(22,23)14-5-6-15-16(11-14)25-9-4-8-24-15;/h5-6,11H,4,7-10,12-13,19H2,1-3H3;1H. The maximum absolute atomic E-state index is 12.6. The van der Waals surface area contributed by atoms with E-state index in [-0.39, 0.29) is 40.8 Å². The number of nitrogens with two attached hydrogens (primary N) is 1. The smallest absolute Gasteiger partial charge is 0.223 e. The maximum atomic E-state index is 12.6. The molecule has 0 aromatic heterocycles. The lowest BCUT2D eigenvalue weighted by Crippen LogP contribution is -2.40. The molecule has 0 aliphatic carbocycles. The van der Waals surface area contributed by atoms with Crippen molar-refractivity contribution in [2.75, 3.05) is 39.1 Å². The van der Waals surface area contributed by atoms with Crippen molar-refractivity contribution in [1.29, 1.82) is 0 Å². The average Bonchev–Trinajstić information content (AvgIpc) is 2.84. The van der Waals surface area contributed by atoms with Crippen LogP contribution < -0.4 is 15.2 Å². The number of hydrogen-bond acceptors (Lipinski definition) is 6. The van der Waals surface area contributed by atoms with Gasteiger partial charge in [-0.05, 0) is 24.1 Å². The van der Waals surface area contributed by atoms with E-state index in [0.717, 1.165) is 6.42 Å². The van der Waals surface area contributed by atoms with Crippen molar-refractivity contribution in [2.24, 2.45) is 11.1 Å². The van der Waals surface area contributed by atoms with E-state index in [1.54, 1.807) is 13.1 Å². The molecule has 2 rings (SSSR count). The molecule has 1 amide bonds. The minimum atomic E-state index is -3.59. The molecule has 154 valence electrons. The number of carbonyl (C=O) groups excluding carboxylic acids is 1. The zero-order valence-corrected chi connectivity index (χ0v) is 17.7. The topological polar surface area (TPSA) is 98.9 Å². The van der Waals surface area contributed by atoms with Crippen molar-refractivity contribution in [3.8, 4) is 11.5 Å². The number of rotatable bonds is 7. The predicted molar refractivity (Wildman–Crippen MR) is 106 cm³/mol. The van der Waals surface area contributed by atoms with Gasteiger partial charge in [-0.25, -0.2) is 8.42 Å². The van der Waals surface area contributed by atoms with E-state index in [1.165, 1.54) is 17.0 Å². The predicted octanol–water partition coefficient (Wildman–Crippen LogP) is 1.88. The lowest BCUT2D eigenvalue weighted by Gasteiger charge is -2.29. The number of benzene rings is 1. The van der Waals surface area contributed by atoms with Crippen molar-refractivity contribution in [3.63, 3.8) is 0 Å². The number of hydrogen-bond donors (Lipinski definition) is 1. The van der Waals surface area contributed by atoms with Gasteiger partial charge >= 0.3 is 0 Å². The van der Waals surface area contributed by atoms with Crippen LogP contribution in [0.15, 0.2) is 23.1 Å². The first-order valence-corrected chi connectivity index (χ1v) is 10.4. The minimum absolute atomic E-state index is 0. The number of halogens is 1. The number of amides is 1. The highest BCUT2D eigenvalue weighted by Crippen LogP contribution is 2.32. The van der Waals surface area contributed by atoms with E-state index in [9.17, 15) is 13.2 Å². The van der Waals surface area contributed by atoms with E-state index in [0.29, 0.717) is 37.8 Å². The normalized spacial score (nSPS) is 14.1. The van der Waals surface area contributed by atoms with Crippen LogP contribution in [0.5, 0.6) is 11.5 Å². The third kappa shape index (κ3) is 6.55. The Morgan fingerprint density at radius 1 is 1.22 bits per heavy atom. The van der Waals surface area contributed by atoms with E-state index < -0.39 is 9.84 Å². The molecule has 0 unspecified atom stereocenters. The monoisotopic (exact) mass is 420 g/mol. The summed E-state index contributed by atoms with van der Waals surface area (Å²) in [6.07, 6.45) is 0.671. The Morgan fingerprint density at radius 2 is 1.85 bits per heavy atom. The summed E-state index contributed by atoms with van der Waals surface area (Å²) in [5.41, 5.74) is 5.47. The van der Waals surface area contributed by atoms with Crippen LogP contribution in [0.25, 0.3) is 0 Å². The van der Waals surface area contributed by atoms with Gasteiger partial charge in [-0.3, -0.25) is 4.79 Å². The van der Waals surface area contributed by atoms with Gasteiger partial charge < -0.3 is 20.1 Å². The molecule has 1 heterocycles. The summed E-state index contributed by atoms with van der Waals surface area (Å²) in [7, 11) is -1.92. The third-order valence-corrected chi connectivity index (χ3v) is 6.02. The van der Waals surface area contributed by atoms with Crippen molar-refractivity contribution in [3.05, 3.63) is 18.2 Å². The molecule has 27 heavy (non-hydrogen) atoms. The third-order valence-electron chi connectivity index (χ3n) is 4.31. The van der Waals surface area contributed by atoms with Crippen molar-refractivity contribution < 1.29 is 22.7 Å². The van der Waals surface area contributed by atoms with Crippen LogP contribution in [-0.2, 0) is 14.6 Å². The first kappa shape index (κ1) is 23.5. The Balaban J connectivity index is 0.00000364. The molecule has 9 heteroatoms. The van der Waals surface area contributed by atoms with E-state index >= 15 is 0 Å². The van der Waals surface area contributed by atoms with Gasteiger partial charge in [0.1, 0.15) is 0 Å². The fraction of sp³-hybridized carbons (Fsp3) is 0.611. The molecule has 0 saturated heterocycles. The summed E-state index contributed by atoms with van der Waals surface area (Å²) >= 11 is 0. The first-order chi connectivity index (χ1) is 12.1. The van der Waals surface area contributed by atoms with E-state index in [1.807, 2.05) is 13.8 Å². The first-order valence-electron chi connectivity index (χ1n) is 8.71. The van der Waals surface area contributed by atoms with Gasteiger partial charge in [0.05, 0.1) is 23.9 Å². The Hall–Kier alpha value is -1.51. The average molecular weight is 421 g/mol. The number of sulfone groups is 1. The van der Waals surface area contributed by atoms with Crippen molar-refractivity contribution >= 4 is 28.2 Å². The highest BCUT2D eigenvalue weighted by molar-refractivity contribution is 7.91. The fourth-order valence-corrected chi connectivity index (χ4v) is 3.90. The van der Waals surface area contributed by atoms with Crippen LogP contribution in [0.4, 0.5) is 0 Å². The highest BCUT2D eigenvalue weighted by atomic mass is 35.5. The molecule has 1 aromatic rings. The Bertz CT molecular complexity index is 752. The summed E-state index contributed by atoms with van der Waals surface area (Å²) in [6.45, 7) is 5.87. The van der Waals surface area contributed by atoms with Crippen LogP contribution in [0.2, 0.25) is 0 Å². The van der Waals surface area contributed by atoms with Crippen LogP contribution in [0.1, 0.15) is 26.7 Å². The molecule has 2 N–H and O–H groups in total. The second-order valence-electron chi connectivity index (χ2n) is 7.35. The molecular formula is C18H29ClN2O5S. The Morgan fingerprint density at radius 3 is 2.48 bits per heavy atom. The molecule has 7 nitrogen and oxygen atoms in total. The molecule has 0 saturated carbocycles. The molecule has 1 aliphatic rings. The van der Waals surface area contributed by atoms with Crippen LogP contribution in [0.3, 0.4) is 0 Å². The zero-order valence-electron chi connectivity index (χ0n) is 16.1. The quantitative estimate of drug-likeness (QED) is 0.723. The van der Waals surface area contributed by atoms with Gasteiger partial charge in [0.25, 0.3) is 0 Å². The lowest BCUT2D eigenvalue weighted by atomic mass is 9.93.